The lowest BCUT2D eigenvalue weighted by molar-refractivity contribution is 0.0509. The Morgan fingerprint density at radius 2 is 2.00 bits per heavy atom. The van der Waals surface area contributed by atoms with E-state index in [-0.39, 0.29) is 6.04 Å². The van der Waals surface area contributed by atoms with Gasteiger partial charge in [0.2, 0.25) is 17.8 Å². The molecule has 4 rings (SSSR count). The van der Waals surface area contributed by atoms with E-state index in [1.165, 1.54) is 6.39 Å². The Balaban J connectivity index is 1.48. The van der Waals surface area contributed by atoms with Crippen LogP contribution in [0.15, 0.2) is 35.2 Å². The van der Waals surface area contributed by atoms with Gasteiger partial charge in [0.05, 0.1) is 24.9 Å². The molecule has 0 saturated carbocycles. The molecular formula is C23H30N8O4. The summed E-state index contributed by atoms with van der Waals surface area (Å²) in [6.45, 7) is 6.76. The Bertz CT molecular complexity index is 1160. The molecule has 3 N–H and O–H groups in total. The van der Waals surface area contributed by atoms with Crippen molar-refractivity contribution in [2.45, 2.75) is 38.8 Å². The standard InChI is InChI=1S/C23H30N8O4/c1-23(2,3)35-22(32)27-15-8-9-31(12-15)21-29-19(24-4)28-20(30-21)26-14-6-7-16(17(10-14)33-5)18-11-25-13-34-18/h6-7,10-11,13,15H,8-9,12H2,1-5H3,(H,27,32)(H2,24,26,28,29,30)/t15-/m1/s1. The van der Waals surface area contributed by atoms with E-state index in [0.29, 0.717) is 42.4 Å². The third-order valence-corrected chi connectivity index (χ3v) is 5.19. The first-order valence-corrected chi connectivity index (χ1v) is 11.3. The minimum atomic E-state index is -0.547. The molecule has 1 aliphatic rings. The maximum absolute atomic E-state index is 12.1. The van der Waals surface area contributed by atoms with Crippen LogP contribution in [0.25, 0.3) is 11.3 Å². The Morgan fingerprint density at radius 1 is 1.20 bits per heavy atom. The molecule has 1 aliphatic heterocycles. The molecule has 3 heterocycles. The summed E-state index contributed by atoms with van der Waals surface area (Å²) in [6, 6.07) is 5.51. The normalized spacial score (nSPS) is 15.6. The molecule has 35 heavy (non-hydrogen) atoms. The van der Waals surface area contributed by atoms with Gasteiger partial charge in [0, 0.05) is 31.9 Å². The molecular weight excluding hydrogens is 452 g/mol. The zero-order valence-electron chi connectivity index (χ0n) is 20.5. The number of hydrogen-bond donors (Lipinski definition) is 3. The quantitative estimate of drug-likeness (QED) is 0.456. The number of rotatable bonds is 7. The largest absolute Gasteiger partial charge is 0.496 e. The second kappa shape index (κ2) is 10.0. The van der Waals surface area contributed by atoms with Crippen molar-refractivity contribution in [3.05, 3.63) is 30.8 Å². The molecule has 1 saturated heterocycles. The van der Waals surface area contributed by atoms with Crippen molar-refractivity contribution in [2.75, 3.05) is 42.8 Å². The van der Waals surface area contributed by atoms with E-state index in [2.05, 4.69) is 35.9 Å². The fourth-order valence-corrected chi connectivity index (χ4v) is 3.66. The predicted octanol–water partition coefficient (Wildman–Crippen LogP) is 3.42. The summed E-state index contributed by atoms with van der Waals surface area (Å²) in [5, 5.41) is 9.10. The molecule has 0 radical (unpaired) electrons. The third-order valence-electron chi connectivity index (χ3n) is 5.19. The van der Waals surface area contributed by atoms with E-state index in [1.807, 2.05) is 43.9 Å². The number of ether oxygens (including phenoxy) is 2. The maximum atomic E-state index is 12.1. The van der Waals surface area contributed by atoms with Crippen molar-refractivity contribution < 1.29 is 18.7 Å². The number of hydrogen-bond acceptors (Lipinski definition) is 11. The number of carbonyl (C=O) groups excluding carboxylic acids is 1. The summed E-state index contributed by atoms with van der Waals surface area (Å²) in [7, 11) is 3.34. The number of anilines is 4. The van der Waals surface area contributed by atoms with Crippen LogP contribution in [0.5, 0.6) is 5.75 Å². The van der Waals surface area contributed by atoms with Crippen LogP contribution in [-0.2, 0) is 4.74 Å². The van der Waals surface area contributed by atoms with Crippen LogP contribution in [0.4, 0.5) is 28.3 Å². The molecule has 0 aliphatic carbocycles. The lowest BCUT2D eigenvalue weighted by atomic mass is 10.1. The molecule has 12 heteroatoms. The first kappa shape index (κ1) is 24.0. The number of aromatic nitrogens is 4. The Hall–Kier alpha value is -4.09. The van der Waals surface area contributed by atoms with Gasteiger partial charge in [0.1, 0.15) is 11.4 Å². The molecule has 12 nitrogen and oxygen atoms in total. The Kier molecular flexibility index (Phi) is 6.90. The summed E-state index contributed by atoms with van der Waals surface area (Å²) >= 11 is 0. The monoisotopic (exact) mass is 482 g/mol. The average Bonchev–Trinajstić information content (AvgIpc) is 3.50. The van der Waals surface area contributed by atoms with E-state index in [4.69, 9.17) is 13.9 Å². The van der Waals surface area contributed by atoms with Crippen molar-refractivity contribution in [1.29, 1.82) is 0 Å². The molecule has 0 spiro atoms. The second-order valence-corrected chi connectivity index (χ2v) is 9.02. The van der Waals surface area contributed by atoms with Crippen molar-refractivity contribution in [3.8, 4) is 17.1 Å². The average molecular weight is 483 g/mol. The summed E-state index contributed by atoms with van der Waals surface area (Å²) in [4.78, 5) is 31.6. The van der Waals surface area contributed by atoms with Crippen LogP contribution in [0.1, 0.15) is 27.2 Å². The first-order chi connectivity index (χ1) is 16.7. The first-order valence-electron chi connectivity index (χ1n) is 11.3. The zero-order valence-corrected chi connectivity index (χ0v) is 20.5. The third kappa shape index (κ3) is 6.08. The van der Waals surface area contributed by atoms with Crippen molar-refractivity contribution in [3.63, 3.8) is 0 Å². The van der Waals surface area contributed by atoms with E-state index in [0.717, 1.165) is 17.7 Å². The van der Waals surface area contributed by atoms with Gasteiger partial charge in [-0.15, -0.1) is 0 Å². The highest BCUT2D eigenvalue weighted by molar-refractivity contribution is 5.71. The molecule has 1 amide bonds. The predicted molar refractivity (Wildman–Crippen MR) is 131 cm³/mol. The number of nitrogens with one attached hydrogen (secondary N) is 3. The minimum Gasteiger partial charge on any atom is -0.496 e. The Labute approximate surface area is 203 Å². The van der Waals surface area contributed by atoms with E-state index in [9.17, 15) is 4.79 Å². The zero-order chi connectivity index (χ0) is 25.0. The lowest BCUT2D eigenvalue weighted by Gasteiger charge is -2.22. The molecule has 186 valence electrons. The molecule has 1 atom stereocenters. The summed E-state index contributed by atoms with van der Waals surface area (Å²) < 4.78 is 16.3. The fraction of sp³-hybridized carbons (Fsp3) is 0.435. The summed E-state index contributed by atoms with van der Waals surface area (Å²) in [5.74, 6) is 2.52. The van der Waals surface area contributed by atoms with Gasteiger partial charge in [-0.2, -0.15) is 15.0 Å². The van der Waals surface area contributed by atoms with Gasteiger partial charge in [-0.1, -0.05) is 0 Å². The van der Waals surface area contributed by atoms with Gasteiger partial charge in [-0.3, -0.25) is 0 Å². The molecule has 0 unspecified atom stereocenters. The number of oxazole rings is 1. The molecule has 0 bridgehead atoms. The van der Waals surface area contributed by atoms with Gasteiger partial charge in [0.15, 0.2) is 12.2 Å². The van der Waals surface area contributed by atoms with Gasteiger partial charge in [-0.25, -0.2) is 9.78 Å². The smallest absolute Gasteiger partial charge is 0.407 e. The Morgan fingerprint density at radius 3 is 2.69 bits per heavy atom. The van der Waals surface area contributed by atoms with E-state index < -0.39 is 11.7 Å². The second-order valence-electron chi connectivity index (χ2n) is 9.02. The van der Waals surface area contributed by atoms with Crippen molar-refractivity contribution >= 4 is 29.6 Å². The SMILES string of the molecule is CNc1nc(Nc2ccc(-c3cnco3)c(OC)c2)nc(N2CC[C@@H](NC(=O)OC(C)(C)C)C2)n1. The van der Waals surface area contributed by atoms with Crippen LogP contribution in [0.2, 0.25) is 0 Å². The number of nitrogens with zero attached hydrogens (tertiary/aromatic N) is 5. The number of amides is 1. The van der Waals surface area contributed by atoms with Crippen LogP contribution in [0.3, 0.4) is 0 Å². The van der Waals surface area contributed by atoms with Crippen LogP contribution < -0.4 is 25.6 Å². The number of methoxy groups -OCH3 is 1. The fourth-order valence-electron chi connectivity index (χ4n) is 3.66. The van der Waals surface area contributed by atoms with Crippen LogP contribution in [0, 0.1) is 0 Å². The molecule has 2 aromatic heterocycles. The molecule has 1 fully saturated rings. The highest BCUT2D eigenvalue weighted by atomic mass is 16.6. The van der Waals surface area contributed by atoms with Crippen LogP contribution >= 0.6 is 0 Å². The van der Waals surface area contributed by atoms with Crippen LogP contribution in [-0.4, -0.2) is 64.9 Å². The highest BCUT2D eigenvalue weighted by Gasteiger charge is 2.28. The van der Waals surface area contributed by atoms with Gasteiger partial charge < -0.3 is 34.7 Å². The van der Waals surface area contributed by atoms with E-state index in [1.54, 1.807) is 20.4 Å². The molecule has 3 aromatic rings. The van der Waals surface area contributed by atoms with E-state index >= 15 is 0 Å². The number of carbonyl (C=O) groups is 1. The minimum absolute atomic E-state index is 0.0658. The maximum Gasteiger partial charge on any atom is 0.407 e. The number of benzene rings is 1. The summed E-state index contributed by atoms with van der Waals surface area (Å²) in [6.07, 6.45) is 3.33. The summed E-state index contributed by atoms with van der Waals surface area (Å²) in [5.41, 5.74) is 0.966. The van der Waals surface area contributed by atoms with Gasteiger partial charge in [-0.05, 0) is 39.3 Å². The molecule has 1 aromatic carbocycles. The topological polar surface area (TPSA) is 140 Å². The number of alkyl carbamates (subject to hydrolysis) is 1. The lowest BCUT2D eigenvalue weighted by Crippen LogP contribution is -2.40. The van der Waals surface area contributed by atoms with Gasteiger partial charge >= 0.3 is 6.09 Å². The van der Waals surface area contributed by atoms with Gasteiger partial charge in [0.25, 0.3) is 0 Å². The van der Waals surface area contributed by atoms with Crippen molar-refractivity contribution in [2.24, 2.45) is 0 Å². The highest BCUT2D eigenvalue weighted by Crippen LogP contribution is 2.33. The van der Waals surface area contributed by atoms with Crippen molar-refractivity contribution in [1.82, 2.24) is 25.3 Å².